The fourth-order valence-corrected chi connectivity index (χ4v) is 2.41. The average Bonchev–Trinajstić information content (AvgIpc) is 3.17. The van der Waals surface area contributed by atoms with Gasteiger partial charge in [-0.25, -0.2) is 4.79 Å². The first-order valence-electron chi connectivity index (χ1n) is 6.40. The van der Waals surface area contributed by atoms with Crippen LogP contribution in [0.3, 0.4) is 0 Å². The summed E-state index contributed by atoms with van der Waals surface area (Å²) < 4.78 is 5.24. The number of carbonyl (C=O) groups is 2. The molecule has 0 aromatic rings. The van der Waals surface area contributed by atoms with Crippen LogP contribution >= 0.6 is 0 Å². The number of hydrogen-bond acceptors (Lipinski definition) is 4. The number of ether oxygens (including phenoxy) is 1. The van der Waals surface area contributed by atoms with Crippen LogP contribution in [0.25, 0.3) is 0 Å². The molecule has 6 heteroatoms. The molecule has 2 aliphatic rings. The Bertz CT molecular complexity index is 333. The van der Waals surface area contributed by atoms with E-state index in [1.54, 1.807) is 0 Å². The molecule has 0 unspecified atom stereocenters. The number of hydrogen-bond donors (Lipinski definition) is 2. The van der Waals surface area contributed by atoms with E-state index >= 15 is 0 Å². The third-order valence-corrected chi connectivity index (χ3v) is 3.87. The summed E-state index contributed by atoms with van der Waals surface area (Å²) in [6, 6.07) is 0. The van der Waals surface area contributed by atoms with Crippen molar-refractivity contribution in [1.29, 1.82) is 0 Å². The maximum absolute atomic E-state index is 12.2. The molecule has 0 radical (unpaired) electrons. The molecule has 1 saturated heterocycles. The zero-order chi connectivity index (χ0) is 13.2. The molecule has 0 spiro atoms. The number of carbonyl (C=O) groups excluding carboxylic acids is 1. The van der Waals surface area contributed by atoms with E-state index in [2.05, 4.69) is 0 Å². The molecule has 1 aliphatic carbocycles. The summed E-state index contributed by atoms with van der Waals surface area (Å²) in [6.07, 6.45) is 3.17. The topological polar surface area (TPSA) is 92.9 Å². The predicted octanol–water partition coefficient (Wildman–Crippen LogP) is -0.182. The summed E-state index contributed by atoms with van der Waals surface area (Å²) in [5.41, 5.74) is 5.36. The van der Waals surface area contributed by atoms with Crippen molar-refractivity contribution in [3.63, 3.8) is 0 Å². The van der Waals surface area contributed by atoms with Crippen LogP contribution in [0.2, 0.25) is 0 Å². The molecule has 0 aromatic heterocycles. The summed E-state index contributed by atoms with van der Waals surface area (Å²) in [6.45, 7) is 1.46. The van der Waals surface area contributed by atoms with Crippen LogP contribution in [0.15, 0.2) is 0 Å². The Labute approximate surface area is 106 Å². The third kappa shape index (κ3) is 2.81. The summed E-state index contributed by atoms with van der Waals surface area (Å²) in [5, 5.41) is 8.53. The molecule has 1 amide bonds. The molecule has 0 aromatic carbocycles. The molecule has 2 fully saturated rings. The van der Waals surface area contributed by atoms with Gasteiger partial charge in [-0.2, -0.15) is 0 Å². The van der Waals surface area contributed by atoms with E-state index in [-0.39, 0.29) is 24.0 Å². The largest absolute Gasteiger partial charge is 0.480 e. The minimum absolute atomic E-state index is 0.0434. The van der Waals surface area contributed by atoms with Crippen LogP contribution in [-0.2, 0) is 14.3 Å². The zero-order valence-corrected chi connectivity index (χ0v) is 10.4. The molecule has 18 heavy (non-hydrogen) atoms. The molecule has 1 saturated carbocycles. The van der Waals surface area contributed by atoms with E-state index in [0.29, 0.717) is 32.5 Å². The highest BCUT2D eigenvalue weighted by molar-refractivity contribution is 5.85. The Morgan fingerprint density at radius 2 is 1.94 bits per heavy atom. The Morgan fingerprint density at radius 3 is 2.39 bits per heavy atom. The lowest BCUT2D eigenvalue weighted by Crippen LogP contribution is -2.46. The Balaban J connectivity index is 1.76. The number of nitrogens with two attached hydrogens (primary N) is 1. The number of carboxylic acids is 1. The van der Waals surface area contributed by atoms with Gasteiger partial charge in [0.15, 0.2) is 0 Å². The van der Waals surface area contributed by atoms with E-state index in [1.165, 1.54) is 0 Å². The molecular formula is C12H20N2O4. The molecule has 1 aliphatic heterocycles. The molecule has 0 bridgehead atoms. The van der Waals surface area contributed by atoms with Gasteiger partial charge in [-0.1, -0.05) is 0 Å². The Hall–Kier alpha value is -1.14. The van der Waals surface area contributed by atoms with Gasteiger partial charge in [0.25, 0.3) is 0 Å². The van der Waals surface area contributed by atoms with E-state index in [9.17, 15) is 9.59 Å². The predicted molar refractivity (Wildman–Crippen MR) is 63.9 cm³/mol. The zero-order valence-electron chi connectivity index (χ0n) is 10.4. The fourth-order valence-electron chi connectivity index (χ4n) is 2.41. The summed E-state index contributed by atoms with van der Waals surface area (Å²) in [4.78, 5) is 24.4. The van der Waals surface area contributed by atoms with Crippen LogP contribution in [0.1, 0.15) is 25.7 Å². The highest BCUT2D eigenvalue weighted by Crippen LogP contribution is 2.46. The lowest BCUT2D eigenvalue weighted by atomic mass is 10.0. The normalized spacial score (nSPS) is 22.8. The van der Waals surface area contributed by atoms with Crippen molar-refractivity contribution < 1.29 is 19.4 Å². The second kappa shape index (κ2) is 5.24. The lowest BCUT2D eigenvalue weighted by Gasteiger charge is -2.33. The van der Waals surface area contributed by atoms with Crippen molar-refractivity contribution in [2.45, 2.75) is 31.8 Å². The van der Waals surface area contributed by atoms with Crippen molar-refractivity contribution in [2.75, 3.05) is 26.2 Å². The molecule has 0 atom stereocenters. The first-order valence-corrected chi connectivity index (χ1v) is 6.40. The van der Waals surface area contributed by atoms with Crippen LogP contribution in [0, 0.1) is 5.41 Å². The van der Waals surface area contributed by atoms with Crippen molar-refractivity contribution >= 4 is 11.9 Å². The van der Waals surface area contributed by atoms with Crippen molar-refractivity contribution in [3.05, 3.63) is 0 Å². The van der Waals surface area contributed by atoms with Gasteiger partial charge in [-0.3, -0.25) is 4.79 Å². The van der Waals surface area contributed by atoms with Crippen molar-refractivity contribution in [1.82, 2.24) is 4.90 Å². The van der Waals surface area contributed by atoms with Gasteiger partial charge in [0.1, 0.15) is 6.61 Å². The number of rotatable bonds is 5. The van der Waals surface area contributed by atoms with E-state index in [1.807, 2.05) is 4.90 Å². The Morgan fingerprint density at radius 1 is 1.33 bits per heavy atom. The van der Waals surface area contributed by atoms with Crippen LogP contribution < -0.4 is 5.73 Å². The molecule has 102 valence electrons. The van der Waals surface area contributed by atoms with Gasteiger partial charge < -0.3 is 20.5 Å². The summed E-state index contributed by atoms with van der Waals surface area (Å²) >= 11 is 0. The van der Waals surface area contributed by atoms with Gasteiger partial charge in [-0.05, 0) is 25.7 Å². The second-order valence-electron chi connectivity index (χ2n) is 5.18. The molecule has 1 heterocycles. The third-order valence-electron chi connectivity index (χ3n) is 3.87. The minimum atomic E-state index is -0.950. The maximum Gasteiger partial charge on any atom is 0.329 e. The van der Waals surface area contributed by atoms with Gasteiger partial charge in [0.2, 0.25) is 5.91 Å². The smallest absolute Gasteiger partial charge is 0.329 e. The van der Waals surface area contributed by atoms with E-state index in [0.717, 1.165) is 12.8 Å². The number of aliphatic carboxylic acids is 1. The fraction of sp³-hybridized carbons (Fsp3) is 0.833. The van der Waals surface area contributed by atoms with Crippen molar-refractivity contribution in [3.8, 4) is 0 Å². The van der Waals surface area contributed by atoms with Crippen LogP contribution in [0.4, 0.5) is 0 Å². The molecule has 3 N–H and O–H groups in total. The number of nitrogens with zero attached hydrogens (tertiary/aromatic N) is 1. The van der Waals surface area contributed by atoms with Gasteiger partial charge in [-0.15, -0.1) is 0 Å². The summed E-state index contributed by atoms with van der Waals surface area (Å²) in [7, 11) is 0. The van der Waals surface area contributed by atoms with Gasteiger partial charge >= 0.3 is 5.97 Å². The number of piperidine rings is 1. The van der Waals surface area contributed by atoms with Crippen LogP contribution in [0.5, 0.6) is 0 Å². The Kier molecular flexibility index (Phi) is 3.87. The van der Waals surface area contributed by atoms with Crippen LogP contribution in [-0.4, -0.2) is 54.2 Å². The molecule has 2 rings (SSSR count). The van der Waals surface area contributed by atoms with E-state index < -0.39 is 5.97 Å². The molecule has 6 nitrogen and oxygen atoms in total. The first-order chi connectivity index (χ1) is 8.57. The van der Waals surface area contributed by atoms with Gasteiger partial charge in [0.05, 0.1) is 11.5 Å². The lowest BCUT2D eigenvalue weighted by molar-refractivity contribution is -0.147. The number of amides is 1. The SMILES string of the molecule is NCC1(C(=O)N2CCC(OCC(=O)O)CC2)CC1. The first kappa shape index (κ1) is 13.3. The van der Waals surface area contributed by atoms with Crippen molar-refractivity contribution in [2.24, 2.45) is 11.1 Å². The monoisotopic (exact) mass is 256 g/mol. The standard InChI is InChI=1S/C12H20N2O4/c13-8-12(3-4-12)11(17)14-5-1-9(2-6-14)18-7-10(15)16/h9H,1-8,13H2,(H,15,16). The highest BCUT2D eigenvalue weighted by atomic mass is 16.5. The average molecular weight is 256 g/mol. The minimum Gasteiger partial charge on any atom is -0.480 e. The van der Waals surface area contributed by atoms with Gasteiger partial charge in [0, 0.05) is 19.6 Å². The quantitative estimate of drug-likeness (QED) is 0.711. The summed E-state index contributed by atoms with van der Waals surface area (Å²) in [5.74, 6) is -0.782. The molecular weight excluding hydrogens is 236 g/mol. The number of likely N-dealkylation sites (tertiary alicyclic amines) is 1. The second-order valence-corrected chi connectivity index (χ2v) is 5.18. The maximum atomic E-state index is 12.2. The number of carboxylic acid groups (broad SMARTS) is 1. The van der Waals surface area contributed by atoms with E-state index in [4.69, 9.17) is 15.6 Å². The highest BCUT2D eigenvalue weighted by Gasteiger charge is 2.50.